The van der Waals surface area contributed by atoms with E-state index in [2.05, 4.69) is 48.6 Å². The number of rotatable bonds is 3. The van der Waals surface area contributed by atoms with E-state index in [9.17, 15) is 0 Å². The summed E-state index contributed by atoms with van der Waals surface area (Å²) in [5, 5.41) is 0. The zero-order valence-electron chi connectivity index (χ0n) is 10.5. The summed E-state index contributed by atoms with van der Waals surface area (Å²) in [5.74, 6) is 5.68. The van der Waals surface area contributed by atoms with Crippen LogP contribution in [0.25, 0.3) is 0 Å². The van der Waals surface area contributed by atoms with E-state index in [1.165, 1.54) is 11.1 Å². The molecule has 2 atom stereocenters. The van der Waals surface area contributed by atoms with Crippen LogP contribution in [0.1, 0.15) is 17.2 Å². The van der Waals surface area contributed by atoms with Crippen LogP contribution in [0.3, 0.4) is 0 Å². The van der Waals surface area contributed by atoms with E-state index in [1.807, 2.05) is 0 Å². The summed E-state index contributed by atoms with van der Waals surface area (Å²) in [6, 6.07) is 8.45. The monoisotopic (exact) mass is 235 g/mol. The first-order chi connectivity index (χ1) is 8.20. The molecular formula is C13H21N3O. The van der Waals surface area contributed by atoms with Gasteiger partial charge in [-0.3, -0.25) is 11.3 Å². The molecule has 17 heavy (non-hydrogen) atoms. The molecule has 94 valence electrons. The van der Waals surface area contributed by atoms with Crippen molar-refractivity contribution in [1.29, 1.82) is 0 Å². The highest BCUT2D eigenvalue weighted by molar-refractivity contribution is 5.26. The number of morpholine rings is 1. The summed E-state index contributed by atoms with van der Waals surface area (Å²) in [4.78, 5) is 2.27. The number of benzene rings is 1. The Hall–Kier alpha value is -0.940. The number of nitrogens with two attached hydrogens (primary N) is 1. The lowest BCUT2D eigenvalue weighted by atomic mass is 9.99. The maximum Gasteiger partial charge on any atom is 0.0909 e. The van der Waals surface area contributed by atoms with E-state index in [0.717, 1.165) is 19.7 Å². The molecule has 3 N–H and O–H groups in total. The lowest BCUT2D eigenvalue weighted by molar-refractivity contribution is -0.0393. The molecule has 2 rings (SSSR count). The standard InChI is InChI=1S/C13H21N3O/c1-10-4-3-5-11(8-10)13(15-14)12-9-16(2)6-7-17-12/h3-5,8,12-13,15H,6-7,9,14H2,1-2H3. The zero-order valence-corrected chi connectivity index (χ0v) is 10.5. The Morgan fingerprint density at radius 3 is 3.00 bits per heavy atom. The Kier molecular flexibility index (Phi) is 4.12. The summed E-state index contributed by atoms with van der Waals surface area (Å²) in [5.41, 5.74) is 5.31. The number of ether oxygens (including phenoxy) is 1. The van der Waals surface area contributed by atoms with Crippen molar-refractivity contribution in [1.82, 2.24) is 10.3 Å². The van der Waals surface area contributed by atoms with Gasteiger partial charge in [0.25, 0.3) is 0 Å². The highest BCUT2D eigenvalue weighted by Gasteiger charge is 2.27. The number of hydrogen-bond donors (Lipinski definition) is 2. The first-order valence-corrected chi connectivity index (χ1v) is 6.03. The lowest BCUT2D eigenvalue weighted by Crippen LogP contribution is -2.48. The minimum absolute atomic E-state index is 0.0534. The van der Waals surface area contributed by atoms with Gasteiger partial charge < -0.3 is 9.64 Å². The summed E-state index contributed by atoms with van der Waals surface area (Å²) >= 11 is 0. The van der Waals surface area contributed by atoms with E-state index >= 15 is 0 Å². The normalized spacial score (nSPS) is 23.6. The fraction of sp³-hybridized carbons (Fsp3) is 0.538. The van der Waals surface area contributed by atoms with Gasteiger partial charge in [-0.25, -0.2) is 0 Å². The zero-order chi connectivity index (χ0) is 12.3. The highest BCUT2D eigenvalue weighted by atomic mass is 16.5. The van der Waals surface area contributed by atoms with Crippen LogP contribution >= 0.6 is 0 Å². The quantitative estimate of drug-likeness (QED) is 0.602. The largest absolute Gasteiger partial charge is 0.374 e. The van der Waals surface area contributed by atoms with Crippen LogP contribution in [0.15, 0.2) is 24.3 Å². The first-order valence-electron chi connectivity index (χ1n) is 6.03. The lowest BCUT2D eigenvalue weighted by Gasteiger charge is -2.35. The van der Waals surface area contributed by atoms with E-state index in [0.29, 0.717) is 0 Å². The topological polar surface area (TPSA) is 50.5 Å². The number of nitrogens with zero attached hydrogens (tertiary/aromatic N) is 1. The van der Waals surface area contributed by atoms with E-state index in [4.69, 9.17) is 10.6 Å². The van der Waals surface area contributed by atoms with Crippen LogP contribution in [0.2, 0.25) is 0 Å². The highest BCUT2D eigenvalue weighted by Crippen LogP contribution is 2.22. The second kappa shape index (κ2) is 5.60. The van der Waals surface area contributed by atoms with Crippen molar-refractivity contribution >= 4 is 0 Å². The van der Waals surface area contributed by atoms with Gasteiger partial charge in [-0.1, -0.05) is 29.8 Å². The average molecular weight is 235 g/mol. The van der Waals surface area contributed by atoms with Crippen LogP contribution in [0.4, 0.5) is 0 Å². The van der Waals surface area contributed by atoms with Crippen LogP contribution in [-0.2, 0) is 4.74 Å². The summed E-state index contributed by atoms with van der Waals surface area (Å²) in [6.45, 7) is 4.75. The summed E-state index contributed by atoms with van der Waals surface area (Å²) < 4.78 is 5.81. The third-order valence-electron chi connectivity index (χ3n) is 3.25. The molecule has 1 aliphatic rings. The van der Waals surface area contributed by atoms with Crippen molar-refractivity contribution in [2.24, 2.45) is 5.84 Å². The molecule has 0 saturated carbocycles. The van der Waals surface area contributed by atoms with Gasteiger partial charge in [-0.15, -0.1) is 0 Å². The van der Waals surface area contributed by atoms with Gasteiger partial charge in [0.2, 0.25) is 0 Å². The van der Waals surface area contributed by atoms with Crippen molar-refractivity contribution in [3.63, 3.8) is 0 Å². The number of nitrogens with one attached hydrogen (secondary N) is 1. The van der Waals surface area contributed by atoms with Crippen molar-refractivity contribution in [2.75, 3.05) is 26.7 Å². The summed E-state index contributed by atoms with van der Waals surface area (Å²) in [6.07, 6.45) is 0.112. The van der Waals surface area contributed by atoms with Crippen LogP contribution < -0.4 is 11.3 Å². The van der Waals surface area contributed by atoms with Gasteiger partial charge in [-0.05, 0) is 19.5 Å². The summed E-state index contributed by atoms with van der Waals surface area (Å²) in [7, 11) is 2.11. The molecule has 2 unspecified atom stereocenters. The minimum Gasteiger partial charge on any atom is -0.374 e. The number of hydrazine groups is 1. The maximum absolute atomic E-state index is 5.81. The second-order valence-corrected chi connectivity index (χ2v) is 4.73. The van der Waals surface area contributed by atoms with E-state index < -0.39 is 0 Å². The predicted octanol–water partition coefficient (Wildman–Crippen LogP) is 0.830. The fourth-order valence-electron chi connectivity index (χ4n) is 2.29. The molecule has 0 radical (unpaired) electrons. The van der Waals surface area contributed by atoms with Gasteiger partial charge in [-0.2, -0.15) is 0 Å². The maximum atomic E-state index is 5.81. The Bertz CT molecular complexity index is 369. The Balaban J connectivity index is 2.15. The molecule has 0 bridgehead atoms. The molecule has 0 aliphatic carbocycles. The van der Waals surface area contributed by atoms with Gasteiger partial charge in [0.15, 0.2) is 0 Å². The smallest absolute Gasteiger partial charge is 0.0909 e. The Morgan fingerprint density at radius 1 is 1.53 bits per heavy atom. The third kappa shape index (κ3) is 3.04. The molecule has 1 fully saturated rings. The molecule has 4 heteroatoms. The van der Waals surface area contributed by atoms with E-state index in [-0.39, 0.29) is 12.1 Å². The molecule has 4 nitrogen and oxygen atoms in total. The number of likely N-dealkylation sites (N-methyl/N-ethyl adjacent to an activating group) is 1. The Labute approximate surface area is 103 Å². The van der Waals surface area contributed by atoms with Gasteiger partial charge in [0.1, 0.15) is 0 Å². The number of aryl methyl sites for hydroxylation is 1. The van der Waals surface area contributed by atoms with Crippen molar-refractivity contribution in [3.05, 3.63) is 35.4 Å². The SMILES string of the molecule is Cc1cccc(C(NN)C2CN(C)CCO2)c1. The molecule has 0 amide bonds. The molecule has 1 aromatic rings. The molecule has 1 aromatic carbocycles. The van der Waals surface area contributed by atoms with Crippen molar-refractivity contribution in [3.8, 4) is 0 Å². The molecule has 1 saturated heterocycles. The first kappa shape index (κ1) is 12.5. The molecule has 0 aromatic heterocycles. The molecule has 0 spiro atoms. The van der Waals surface area contributed by atoms with Gasteiger partial charge in [0, 0.05) is 13.1 Å². The van der Waals surface area contributed by atoms with Crippen molar-refractivity contribution < 1.29 is 4.74 Å². The van der Waals surface area contributed by atoms with Crippen molar-refractivity contribution in [2.45, 2.75) is 19.1 Å². The molecular weight excluding hydrogens is 214 g/mol. The molecule has 1 heterocycles. The molecule has 1 aliphatic heterocycles. The Morgan fingerprint density at radius 2 is 2.35 bits per heavy atom. The number of hydrogen-bond acceptors (Lipinski definition) is 4. The van der Waals surface area contributed by atoms with E-state index in [1.54, 1.807) is 0 Å². The predicted molar refractivity (Wildman–Crippen MR) is 68.5 cm³/mol. The third-order valence-corrected chi connectivity index (χ3v) is 3.25. The van der Waals surface area contributed by atoms with Gasteiger partial charge in [0.05, 0.1) is 18.8 Å². The second-order valence-electron chi connectivity index (χ2n) is 4.73. The fourth-order valence-corrected chi connectivity index (χ4v) is 2.29. The van der Waals surface area contributed by atoms with Crippen LogP contribution in [0, 0.1) is 6.92 Å². The minimum atomic E-state index is 0.0534. The van der Waals surface area contributed by atoms with Gasteiger partial charge >= 0.3 is 0 Å². The average Bonchev–Trinajstić information content (AvgIpc) is 2.30. The van der Waals surface area contributed by atoms with Crippen LogP contribution in [-0.4, -0.2) is 37.7 Å². The van der Waals surface area contributed by atoms with Crippen LogP contribution in [0.5, 0.6) is 0 Å².